The molecule has 1 aliphatic heterocycles. The van der Waals surface area contributed by atoms with Crippen LogP contribution in [-0.4, -0.2) is 25.1 Å². The molecule has 2 aromatic carbocycles. The van der Waals surface area contributed by atoms with Crippen LogP contribution in [0.15, 0.2) is 60.0 Å². The molecule has 0 saturated heterocycles. The molecule has 0 aliphatic carbocycles. The number of benzene rings is 2. The van der Waals surface area contributed by atoms with Crippen molar-refractivity contribution < 1.29 is 14.3 Å². The van der Waals surface area contributed by atoms with Gasteiger partial charge >= 0.3 is 6.03 Å². The highest BCUT2D eigenvalue weighted by Crippen LogP contribution is 2.32. The van der Waals surface area contributed by atoms with E-state index in [-0.39, 0.29) is 11.9 Å². The van der Waals surface area contributed by atoms with Crippen LogP contribution in [0.2, 0.25) is 0 Å². The number of carbonyl (C=O) groups is 2. The highest BCUT2D eigenvalue weighted by Gasteiger charge is 2.24. The average Bonchev–Trinajstić information content (AvgIpc) is 3.29. The van der Waals surface area contributed by atoms with Gasteiger partial charge in [-0.3, -0.25) is 4.79 Å². The van der Waals surface area contributed by atoms with Crippen molar-refractivity contribution in [2.75, 3.05) is 28.7 Å². The maximum atomic E-state index is 12.8. The number of nitrogens with zero attached hydrogens (tertiary/aromatic N) is 1. The zero-order valence-corrected chi connectivity index (χ0v) is 17.5. The van der Waals surface area contributed by atoms with E-state index in [1.165, 1.54) is 11.3 Å². The normalized spacial score (nSPS) is 12.8. The highest BCUT2D eigenvalue weighted by atomic mass is 32.1. The first-order valence-electron chi connectivity index (χ1n) is 9.94. The molecule has 0 unspecified atom stereocenters. The minimum absolute atomic E-state index is 0.0249. The summed E-state index contributed by atoms with van der Waals surface area (Å²) in [5, 5.41) is 7.62. The minimum Gasteiger partial charge on any atom is -0.492 e. The van der Waals surface area contributed by atoms with E-state index in [4.69, 9.17) is 4.74 Å². The molecule has 2 N–H and O–H groups in total. The summed E-state index contributed by atoms with van der Waals surface area (Å²) in [7, 11) is 0. The van der Waals surface area contributed by atoms with E-state index in [1.54, 1.807) is 6.07 Å². The molecule has 3 aromatic rings. The number of hydrogen-bond acceptors (Lipinski definition) is 4. The molecule has 7 heteroatoms. The molecule has 0 radical (unpaired) electrons. The monoisotopic (exact) mass is 421 g/mol. The Bertz CT molecular complexity index is 1050. The minimum atomic E-state index is -0.343. The van der Waals surface area contributed by atoms with Gasteiger partial charge in [0.25, 0.3) is 5.91 Å². The van der Waals surface area contributed by atoms with Gasteiger partial charge in [-0.25, -0.2) is 4.79 Å². The van der Waals surface area contributed by atoms with E-state index in [9.17, 15) is 9.59 Å². The molecule has 0 saturated carbocycles. The van der Waals surface area contributed by atoms with Crippen molar-refractivity contribution in [2.45, 2.75) is 19.8 Å². The summed E-state index contributed by atoms with van der Waals surface area (Å²) in [4.78, 5) is 27.9. The van der Waals surface area contributed by atoms with Crippen LogP contribution in [-0.2, 0) is 6.42 Å². The van der Waals surface area contributed by atoms with Crippen LogP contribution in [0.5, 0.6) is 5.75 Å². The van der Waals surface area contributed by atoms with Gasteiger partial charge in [0.15, 0.2) is 0 Å². The number of thiophene rings is 1. The molecule has 2 heterocycles. The van der Waals surface area contributed by atoms with Gasteiger partial charge in [-0.15, -0.1) is 11.3 Å². The Balaban J connectivity index is 1.48. The predicted molar refractivity (Wildman–Crippen MR) is 121 cm³/mol. The van der Waals surface area contributed by atoms with Gasteiger partial charge in [-0.05, 0) is 67.1 Å². The van der Waals surface area contributed by atoms with Gasteiger partial charge < -0.3 is 20.3 Å². The number of para-hydroxylation sites is 2. The Morgan fingerprint density at radius 2 is 1.97 bits per heavy atom. The fourth-order valence-corrected chi connectivity index (χ4v) is 4.23. The van der Waals surface area contributed by atoms with Gasteiger partial charge in [0.2, 0.25) is 0 Å². The number of anilines is 3. The third kappa shape index (κ3) is 4.31. The second-order valence-corrected chi connectivity index (χ2v) is 7.84. The van der Waals surface area contributed by atoms with E-state index in [1.807, 2.05) is 65.7 Å². The second-order valence-electron chi connectivity index (χ2n) is 6.89. The van der Waals surface area contributed by atoms with Crippen molar-refractivity contribution in [3.05, 3.63) is 70.4 Å². The molecule has 1 aliphatic rings. The van der Waals surface area contributed by atoms with Gasteiger partial charge in [0.05, 0.1) is 17.2 Å². The number of fused-ring (bicyclic) bond motifs is 1. The van der Waals surface area contributed by atoms with Crippen molar-refractivity contribution in [3.8, 4) is 5.75 Å². The highest BCUT2D eigenvalue weighted by molar-refractivity contribution is 7.12. The van der Waals surface area contributed by atoms with Gasteiger partial charge in [0, 0.05) is 17.9 Å². The summed E-state index contributed by atoms with van der Waals surface area (Å²) in [5.74, 6) is 0.653. The topological polar surface area (TPSA) is 70.7 Å². The lowest BCUT2D eigenvalue weighted by molar-refractivity contribution is 0.0989. The number of aryl methyl sites for hydroxylation is 1. The fraction of sp³-hybridized carbons (Fsp3) is 0.217. The van der Waals surface area contributed by atoms with Gasteiger partial charge in [-0.1, -0.05) is 18.2 Å². The average molecular weight is 422 g/mol. The molecule has 30 heavy (non-hydrogen) atoms. The maximum absolute atomic E-state index is 12.8. The summed E-state index contributed by atoms with van der Waals surface area (Å²) in [6.45, 7) is 3.12. The molecule has 0 bridgehead atoms. The van der Waals surface area contributed by atoms with Crippen LogP contribution < -0.4 is 20.3 Å². The first kappa shape index (κ1) is 20.0. The van der Waals surface area contributed by atoms with Gasteiger partial charge in [-0.2, -0.15) is 0 Å². The number of carbonyl (C=O) groups excluding carboxylic acids is 2. The first-order valence-corrected chi connectivity index (χ1v) is 10.8. The van der Waals surface area contributed by atoms with Crippen LogP contribution in [0, 0.1) is 0 Å². The predicted octanol–water partition coefficient (Wildman–Crippen LogP) is 5.38. The summed E-state index contributed by atoms with van der Waals surface area (Å²) >= 11 is 1.45. The Morgan fingerprint density at radius 3 is 2.77 bits per heavy atom. The van der Waals surface area contributed by atoms with E-state index in [0.29, 0.717) is 30.3 Å². The fourth-order valence-electron chi connectivity index (χ4n) is 3.56. The standard InChI is InChI=1S/C23H23N3O3S/c1-2-29-20-9-4-3-8-18(20)25-23(28)24-17-11-12-19-16(15-17)7-5-13-26(19)22(27)21-10-6-14-30-21/h3-4,6,8-12,14-15H,2,5,7,13H2,1H3,(H2,24,25,28). The number of ether oxygens (including phenoxy) is 1. The Hall–Kier alpha value is -3.32. The number of hydrogen-bond donors (Lipinski definition) is 2. The van der Waals surface area contributed by atoms with Crippen molar-refractivity contribution in [1.29, 1.82) is 0 Å². The molecule has 0 atom stereocenters. The third-order valence-electron chi connectivity index (χ3n) is 4.87. The molecule has 154 valence electrons. The summed E-state index contributed by atoms with van der Waals surface area (Å²) in [6.07, 6.45) is 1.76. The summed E-state index contributed by atoms with van der Waals surface area (Å²) in [6, 6.07) is 16.4. The van der Waals surface area contributed by atoms with Crippen LogP contribution in [0.1, 0.15) is 28.6 Å². The summed E-state index contributed by atoms with van der Waals surface area (Å²) < 4.78 is 5.55. The van der Waals surface area contributed by atoms with Crippen LogP contribution in [0.25, 0.3) is 0 Å². The van der Waals surface area contributed by atoms with E-state index in [0.717, 1.165) is 29.0 Å². The number of nitrogens with one attached hydrogen (secondary N) is 2. The molecule has 4 rings (SSSR count). The molecule has 3 amide bonds. The van der Waals surface area contributed by atoms with Crippen molar-refractivity contribution in [2.24, 2.45) is 0 Å². The lowest BCUT2D eigenvalue weighted by atomic mass is 10.0. The quantitative estimate of drug-likeness (QED) is 0.581. The molecule has 1 aromatic heterocycles. The largest absolute Gasteiger partial charge is 0.492 e. The van der Waals surface area contributed by atoms with E-state index >= 15 is 0 Å². The van der Waals surface area contributed by atoms with Crippen LogP contribution in [0.4, 0.5) is 21.9 Å². The molecule has 0 spiro atoms. The van der Waals surface area contributed by atoms with E-state index in [2.05, 4.69) is 10.6 Å². The van der Waals surface area contributed by atoms with Crippen molar-refractivity contribution >= 4 is 40.3 Å². The molecular formula is C23H23N3O3S. The molecular weight excluding hydrogens is 398 g/mol. The van der Waals surface area contributed by atoms with Crippen LogP contribution >= 0.6 is 11.3 Å². The summed E-state index contributed by atoms with van der Waals surface area (Å²) in [5.41, 5.74) is 3.26. The number of rotatable bonds is 5. The zero-order chi connectivity index (χ0) is 20.9. The number of urea groups is 1. The van der Waals surface area contributed by atoms with Crippen molar-refractivity contribution in [1.82, 2.24) is 0 Å². The van der Waals surface area contributed by atoms with Crippen molar-refractivity contribution in [3.63, 3.8) is 0 Å². The smallest absolute Gasteiger partial charge is 0.323 e. The number of amides is 3. The van der Waals surface area contributed by atoms with E-state index < -0.39 is 0 Å². The first-order chi connectivity index (χ1) is 14.7. The maximum Gasteiger partial charge on any atom is 0.323 e. The Morgan fingerprint density at radius 1 is 1.10 bits per heavy atom. The lowest BCUT2D eigenvalue weighted by Crippen LogP contribution is -2.35. The van der Waals surface area contributed by atoms with Gasteiger partial charge in [0.1, 0.15) is 5.75 Å². The third-order valence-corrected chi connectivity index (χ3v) is 5.73. The second kappa shape index (κ2) is 9.00. The van der Waals surface area contributed by atoms with Crippen LogP contribution in [0.3, 0.4) is 0 Å². The lowest BCUT2D eigenvalue weighted by Gasteiger charge is -2.29. The SMILES string of the molecule is CCOc1ccccc1NC(=O)Nc1ccc2c(c1)CCCN2C(=O)c1cccs1. The Kier molecular flexibility index (Phi) is 5.99. The zero-order valence-electron chi connectivity index (χ0n) is 16.7. The molecule has 0 fully saturated rings. The Labute approximate surface area is 179 Å². The molecule has 6 nitrogen and oxygen atoms in total.